The average molecular weight is 342 g/mol. The lowest BCUT2D eigenvalue weighted by Crippen LogP contribution is -2.44. The lowest BCUT2D eigenvalue weighted by Gasteiger charge is -2.25. The van der Waals surface area contributed by atoms with Gasteiger partial charge in [-0.2, -0.15) is 13.2 Å². The Labute approximate surface area is 130 Å². The van der Waals surface area contributed by atoms with E-state index in [9.17, 15) is 23.1 Å². The monoisotopic (exact) mass is 341 g/mol. The third kappa shape index (κ3) is 4.17. The number of hydrogen-bond acceptors (Lipinski definition) is 4. The number of halogens is 4. The maximum Gasteiger partial charge on any atom is 0.417 e. The van der Waals surface area contributed by atoms with Crippen LogP contribution in [0.2, 0.25) is 5.02 Å². The molecule has 0 bridgehead atoms. The van der Waals surface area contributed by atoms with Crippen LogP contribution in [0.3, 0.4) is 0 Å². The standard InChI is InChI=1S/C13H15ClF3NO4/c1-12(20,13(15,16)17)6-11(19)18-8-5-9(21-2)7(14)4-10(8)22-3/h4-5,20H,6H2,1-3H3,(H,18,19)/t12-/m1/s1. The van der Waals surface area contributed by atoms with Gasteiger partial charge in [0.1, 0.15) is 11.5 Å². The molecule has 22 heavy (non-hydrogen) atoms. The normalized spacial score (nSPS) is 14.2. The van der Waals surface area contributed by atoms with Crippen molar-refractivity contribution < 1.29 is 32.5 Å². The van der Waals surface area contributed by atoms with Crippen molar-refractivity contribution in [1.82, 2.24) is 0 Å². The molecule has 0 radical (unpaired) electrons. The first-order valence-corrected chi connectivity index (χ1v) is 6.40. The van der Waals surface area contributed by atoms with E-state index in [4.69, 9.17) is 21.1 Å². The zero-order valence-electron chi connectivity index (χ0n) is 12.0. The molecule has 0 aliphatic rings. The molecule has 0 saturated heterocycles. The minimum Gasteiger partial charge on any atom is -0.495 e. The number of amides is 1. The Kier molecular flexibility index (Phi) is 5.53. The summed E-state index contributed by atoms with van der Waals surface area (Å²) in [5.41, 5.74) is -3.06. The molecule has 0 aliphatic carbocycles. The smallest absolute Gasteiger partial charge is 0.417 e. The molecule has 0 fully saturated rings. The molecule has 124 valence electrons. The summed E-state index contributed by atoms with van der Waals surface area (Å²) in [5, 5.41) is 11.7. The maximum atomic E-state index is 12.6. The number of alkyl halides is 3. The van der Waals surface area contributed by atoms with E-state index in [0.29, 0.717) is 6.92 Å². The van der Waals surface area contributed by atoms with Crippen molar-refractivity contribution in [2.45, 2.75) is 25.1 Å². The Morgan fingerprint density at radius 3 is 2.27 bits per heavy atom. The van der Waals surface area contributed by atoms with E-state index in [2.05, 4.69) is 5.32 Å². The van der Waals surface area contributed by atoms with Crippen molar-refractivity contribution in [3.8, 4) is 11.5 Å². The van der Waals surface area contributed by atoms with Crippen molar-refractivity contribution >= 4 is 23.2 Å². The fourth-order valence-electron chi connectivity index (χ4n) is 1.57. The van der Waals surface area contributed by atoms with E-state index in [1.807, 2.05) is 0 Å². The summed E-state index contributed by atoms with van der Waals surface area (Å²) in [7, 11) is 2.65. The van der Waals surface area contributed by atoms with Crippen LogP contribution in [0.5, 0.6) is 11.5 Å². The van der Waals surface area contributed by atoms with Crippen molar-refractivity contribution in [3.05, 3.63) is 17.2 Å². The van der Waals surface area contributed by atoms with Crippen LogP contribution in [0.15, 0.2) is 12.1 Å². The van der Waals surface area contributed by atoms with Gasteiger partial charge in [-0.1, -0.05) is 11.6 Å². The Morgan fingerprint density at radius 2 is 1.82 bits per heavy atom. The first-order chi connectivity index (χ1) is 10.0. The molecular formula is C13H15ClF3NO4. The fourth-order valence-corrected chi connectivity index (χ4v) is 1.80. The number of anilines is 1. The van der Waals surface area contributed by atoms with E-state index in [-0.39, 0.29) is 22.2 Å². The predicted molar refractivity (Wildman–Crippen MR) is 74.5 cm³/mol. The predicted octanol–water partition coefficient (Wildman–Crippen LogP) is 3.00. The number of ether oxygens (including phenoxy) is 2. The lowest BCUT2D eigenvalue weighted by molar-refractivity contribution is -0.252. The number of nitrogens with one attached hydrogen (secondary N) is 1. The summed E-state index contributed by atoms with van der Waals surface area (Å²) in [6.45, 7) is 0.520. The molecule has 2 N–H and O–H groups in total. The Bertz CT molecular complexity index is 561. The van der Waals surface area contributed by atoms with Crippen LogP contribution in [-0.4, -0.2) is 37.0 Å². The van der Waals surface area contributed by atoms with Gasteiger partial charge in [0.25, 0.3) is 0 Å². The first-order valence-electron chi connectivity index (χ1n) is 6.02. The third-order valence-electron chi connectivity index (χ3n) is 2.86. The summed E-state index contributed by atoms with van der Waals surface area (Å²) >= 11 is 5.88. The summed E-state index contributed by atoms with van der Waals surface area (Å²) in [5.74, 6) is -0.684. The van der Waals surface area contributed by atoms with Crippen LogP contribution in [0, 0.1) is 0 Å². The van der Waals surface area contributed by atoms with Gasteiger partial charge in [-0.05, 0) is 6.92 Å². The third-order valence-corrected chi connectivity index (χ3v) is 3.16. The number of carbonyl (C=O) groups excluding carboxylic acids is 1. The van der Waals surface area contributed by atoms with E-state index >= 15 is 0 Å². The fraction of sp³-hybridized carbons (Fsp3) is 0.462. The highest BCUT2D eigenvalue weighted by atomic mass is 35.5. The van der Waals surface area contributed by atoms with Crippen molar-refractivity contribution in [2.75, 3.05) is 19.5 Å². The summed E-state index contributed by atoms with van der Waals surface area (Å²) in [6.07, 6.45) is -6.09. The number of hydrogen-bond donors (Lipinski definition) is 2. The minimum absolute atomic E-state index is 0.0757. The van der Waals surface area contributed by atoms with Gasteiger partial charge in [0.2, 0.25) is 5.91 Å². The van der Waals surface area contributed by atoms with Gasteiger partial charge in [-0.3, -0.25) is 4.79 Å². The number of benzene rings is 1. The first kappa shape index (κ1) is 18.4. The van der Waals surface area contributed by atoms with E-state index in [0.717, 1.165) is 0 Å². The van der Waals surface area contributed by atoms with Crippen LogP contribution in [-0.2, 0) is 4.79 Å². The van der Waals surface area contributed by atoms with E-state index in [1.54, 1.807) is 0 Å². The zero-order chi connectivity index (χ0) is 17.1. The molecular weight excluding hydrogens is 327 g/mol. The zero-order valence-corrected chi connectivity index (χ0v) is 12.8. The minimum atomic E-state index is -4.92. The van der Waals surface area contributed by atoms with Gasteiger partial charge in [0, 0.05) is 12.1 Å². The molecule has 1 aromatic carbocycles. The SMILES string of the molecule is COc1cc(NC(=O)C[C@@](C)(O)C(F)(F)F)c(OC)cc1Cl. The summed E-state index contributed by atoms with van der Waals surface area (Å²) in [6, 6.07) is 2.65. The van der Waals surface area contributed by atoms with Crippen molar-refractivity contribution in [1.29, 1.82) is 0 Å². The van der Waals surface area contributed by atoms with Gasteiger partial charge in [0.05, 0.1) is 31.4 Å². The second-order valence-electron chi connectivity index (χ2n) is 4.68. The molecule has 1 amide bonds. The highest BCUT2D eigenvalue weighted by Crippen LogP contribution is 2.37. The van der Waals surface area contributed by atoms with Gasteiger partial charge < -0.3 is 19.9 Å². The van der Waals surface area contributed by atoms with Gasteiger partial charge >= 0.3 is 6.18 Å². The molecule has 0 unspecified atom stereocenters. The van der Waals surface area contributed by atoms with Crippen molar-refractivity contribution in [3.63, 3.8) is 0 Å². The Hall–Kier alpha value is -1.67. The summed E-state index contributed by atoms with van der Waals surface area (Å²) < 4.78 is 47.6. The second-order valence-corrected chi connectivity index (χ2v) is 5.09. The molecule has 0 heterocycles. The maximum absolute atomic E-state index is 12.6. The van der Waals surface area contributed by atoms with Crippen LogP contribution >= 0.6 is 11.6 Å². The van der Waals surface area contributed by atoms with E-state index < -0.39 is 24.1 Å². The van der Waals surface area contributed by atoms with Crippen LogP contribution < -0.4 is 14.8 Å². The molecule has 1 atom stereocenters. The van der Waals surface area contributed by atoms with Crippen LogP contribution in [0.1, 0.15) is 13.3 Å². The average Bonchev–Trinajstić information content (AvgIpc) is 2.38. The highest BCUT2D eigenvalue weighted by Gasteiger charge is 2.51. The Balaban J connectivity index is 2.97. The second kappa shape index (κ2) is 6.62. The molecule has 0 aromatic heterocycles. The van der Waals surface area contributed by atoms with E-state index in [1.165, 1.54) is 26.4 Å². The Morgan fingerprint density at radius 1 is 1.27 bits per heavy atom. The molecule has 0 aliphatic heterocycles. The molecule has 5 nitrogen and oxygen atoms in total. The lowest BCUT2D eigenvalue weighted by atomic mass is 10.0. The number of aliphatic hydroxyl groups is 1. The molecule has 9 heteroatoms. The molecule has 0 saturated carbocycles. The van der Waals surface area contributed by atoms with Crippen LogP contribution in [0.4, 0.5) is 18.9 Å². The van der Waals surface area contributed by atoms with Crippen molar-refractivity contribution in [2.24, 2.45) is 0 Å². The van der Waals surface area contributed by atoms with Gasteiger partial charge in [-0.25, -0.2) is 0 Å². The number of methoxy groups -OCH3 is 2. The van der Waals surface area contributed by atoms with Gasteiger partial charge in [-0.15, -0.1) is 0 Å². The highest BCUT2D eigenvalue weighted by molar-refractivity contribution is 6.32. The molecule has 1 aromatic rings. The van der Waals surface area contributed by atoms with Crippen LogP contribution in [0.25, 0.3) is 0 Å². The molecule has 1 rings (SSSR count). The van der Waals surface area contributed by atoms with Gasteiger partial charge in [0.15, 0.2) is 5.60 Å². The number of carbonyl (C=O) groups is 1. The molecule has 0 spiro atoms. The quantitative estimate of drug-likeness (QED) is 0.864. The topological polar surface area (TPSA) is 67.8 Å². The summed E-state index contributed by atoms with van der Waals surface area (Å²) in [4.78, 5) is 11.7. The number of rotatable bonds is 5. The largest absolute Gasteiger partial charge is 0.495 e.